The normalized spacial score (nSPS) is 12.5. The summed E-state index contributed by atoms with van der Waals surface area (Å²) in [5.74, 6) is 0.204. The summed E-state index contributed by atoms with van der Waals surface area (Å²) in [5.41, 5.74) is 1.30. The van der Waals surface area contributed by atoms with Crippen molar-refractivity contribution in [3.63, 3.8) is 0 Å². The van der Waals surface area contributed by atoms with Gasteiger partial charge in [0.1, 0.15) is 11.5 Å². The molecule has 1 atom stereocenters. The summed E-state index contributed by atoms with van der Waals surface area (Å²) >= 11 is 0. The number of benzene rings is 1. The molecule has 0 unspecified atom stereocenters. The van der Waals surface area contributed by atoms with Crippen molar-refractivity contribution in [2.45, 2.75) is 33.0 Å². The molecule has 0 aliphatic heterocycles. The Morgan fingerprint density at radius 3 is 3.00 bits per heavy atom. The van der Waals surface area contributed by atoms with Crippen LogP contribution < -0.4 is 5.32 Å². The first-order chi connectivity index (χ1) is 11.1. The molecule has 1 aromatic carbocycles. The van der Waals surface area contributed by atoms with Gasteiger partial charge in [0.2, 0.25) is 0 Å². The standard InChI is InChI=1S/C15H18FN7/c1-11-4-5-13(16)14(8-11)23-15(19-20-21-23)9-17-12(2)10-22-7-3-6-18-22/h3-8,12,17H,9-10H2,1-2H3/t12-/m0/s1. The average Bonchev–Trinajstić information content (AvgIpc) is 3.19. The molecule has 0 aliphatic rings. The monoisotopic (exact) mass is 315 g/mol. The van der Waals surface area contributed by atoms with Crippen LogP contribution in [0.25, 0.3) is 5.69 Å². The van der Waals surface area contributed by atoms with Gasteiger partial charge >= 0.3 is 0 Å². The van der Waals surface area contributed by atoms with Crippen LogP contribution in [0.15, 0.2) is 36.7 Å². The van der Waals surface area contributed by atoms with Gasteiger partial charge in [-0.05, 0) is 48.0 Å². The fraction of sp³-hybridized carbons (Fsp3) is 0.333. The minimum atomic E-state index is -0.353. The third-order valence-electron chi connectivity index (χ3n) is 3.49. The second-order valence-electron chi connectivity index (χ2n) is 5.47. The van der Waals surface area contributed by atoms with Crippen LogP contribution in [0.4, 0.5) is 4.39 Å². The molecule has 120 valence electrons. The third-order valence-corrected chi connectivity index (χ3v) is 3.49. The van der Waals surface area contributed by atoms with Crippen LogP contribution in [-0.2, 0) is 13.1 Å². The first kappa shape index (κ1) is 15.3. The highest BCUT2D eigenvalue weighted by Gasteiger charge is 2.13. The number of nitrogens with one attached hydrogen (secondary N) is 1. The van der Waals surface area contributed by atoms with Gasteiger partial charge < -0.3 is 5.32 Å². The van der Waals surface area contributed by atoms with Gasteiger partial charge in [-0.1, -0.05) is 6.07 Å². The molecule has 0 saturated heterocycles. The highest BCUT2D eigenvalue weighted by molar-refractivity contribution is 5.36. The van der Waals surface area contributed by atoms with Crippen molar-refractivity contribution >= 4 is 0 Å². The molecular formula is C15H18FN7. The molecule has 0 fully saturated rings. The van der Waals surface area contributed by atoms with E-state index >= 15 is 0 Å². The van der Waals surface area contributed by atoms with Gasteiger partial charge in [0.25, 0.3) is 0 Å². The molecule has 3 aromatic rings. The van der Waals surface area contributed by atoms with E-state index in [-0.39, 0.29) is 11.9 Å². The van der Waals surface area contributed by atoms with Crippen LogP contribution in [-0.4, -0.2) is 36.0 Å². The molecule has 23 heavy (non-hydrogen) atoms. The molecule has 0 radical (unpaired) electrons. The lowest BCUT2D eigenvalue weighted by molar-refractivity contribution is 0.442. The van der Waals surface area contributed by atoms with E-state index in [0.29, 0.717) is 18.1 Å². The van der Waals surface area contributed by atoms with E-state index in [0.717, 1.165) is 12.1 Å². The van der Waals surface area contributed by atoms with Crippen LogP contribution in [0, 0.1) is 12.7 Å². The predicted molar refractivity (Wildman–Crippen MR) is 82.4 cm³/mol. The highest BCUT2D eigenvalue weighted by atomic mass is 19.1. The van der Waals surface area contributed by atoms with Crippen molar-refractivity contribution in [1.82, 2.24) is 35.3 Å². The molecule has 0 spiro atoms. The molecule has 2 heterocycles. The Morgan fingerprint density at radius 1 is 1.35 bits per heavy atom. The zero-order valence-electron chi connectivity index (χ0n) is 13.0. The van der Waals surface area contributed by atoms with E-state index in [1.807, 2.05) is 30.8 Å². The SMILES string of the molecule is Cc1ccc(F)c(-n2nnnc2CN[C@@H](C)Cn2cccn2)c1. The number of aryl methyl sites for hydroxylation is 1. The van der Waals surface area contributed by atoms with Gasteiger partial charge in [0.05, 0.1) is 13.1 Å². The van der Waals surface area contributed by atoms with Crippen LogP contribution in [0.1, 0.15) is 18.3 Å². The van der Waals surface area contributed by atoms with Gasteiger partial charge in [-0.2, -0.15) is 9.78 Å². The molecule has 0 bridgehead atoms. The molecular weight excluding hydrogens is 297 g/mol. The van der Waals surface area contributed by atoms with Crippen LogP contribution in [0.2, 0.25) is 0 Å². The quantitative estimate of drug-likeness (QED) is 0.746. The van der Waals surface area contributed by atoms with Crippen molar-refractivity contribution in [3.05, 3.63) is 53.9 Å². The van der Waals surface area contributed by atoms with Crippen molar-refractivity contribution in [1.29, 1.82) is 0 Å². The molecule has 2 aromatic heterocycles. The van der Waals surface area contributed by atoms with Gasteiger partial charge in [0, 0.05) is 18.4 Å². The number of hydrogen-bond donors (Lipinski definition) is 1. The molecule has 0 aliphatic carbocycles. The van der Waals surface area contributed by atoms with Crippen molar-refractivity contribution in [2.75, 3.05) is 0 Å². The average molecular weight is 315 g/mol. The molecule has 8 heteroatoms. The lowest BCUT2D eigenvalue weighted by Crippen LogP contribution is -2.31. The maximum Gasteiger partial charge on any atom is 0.170 e. The minimum absolute atomic E-state index is 0.169. The van der Waals surface area contributed by atoms with E-state index < -0.39 is 0 Å². The Kier molecular flexibility index (Phi) is 4.42. The summed E-state index contributed by atoms with van der Waals surface area (Å²) in [6.07, 6.45) is 3.65. The molecule has 1 N–H and O–H groups in total. The first-order valence-electron chi connectivity index (χ1n) is 7.38. The number of aromatic nitrogens is 6. The number of halogens is 1. The first-order valence-corrected chi connectivity index (χ1v) is 7.38. The fourth-order valence-electron chi connectivity index (χ4n) is 2.31. The molecule has 3 rings (SSSR count). The van der Waals surface area contributed by atoms with Crippen molar-refractivity contribution in [3.8, 4) is 5.69 Å². The summed E-state index contributed by atoms with van der Waals surface area (Å²) in [6, 6.07) is 6.91. The van der Waals surface area contributed by atoms with E-state index in [2.05, 4.69) is 25.9 Å². The van der Waals surface area contributed by atoms with Gasteiger partial charge in [-0.15, -0.1) is 5.10 Å². The highest BCUT2D eigenvalue weighted by Crippen LogP contribution is 2.15. The molecule has 0 saturated carbocycles. The summed E-state index contributed by atoms with van der Waals surface area (Å²) in [7, 11) is 0. The summed E-state index contributed by atoms with van der Waals surface area (Å²) in [4.78, 5) is 0. The molecule has 0 amide bonds. The number of nitrogens with zero attached hydrogens (tertiary/aromatic N) is 6. The van der Waals surface area contributed by atoms with Crippen LogP contribution in [0.3, 0.4) is 0 Å². The lowest BCUT2D eigenvalue weighted by atomic mass is 10.2. The Hall–Kier alpha value is -2.61. The van der Waals surface area contributed by atoms with E-state index in [1.54, 1.807) is 18.3 Å². The van der Waals surface area contributed by atoms with Crippen molar-refractivity contribution in [2.24, 2.45) is 0 Å². The third kappa shape index (κ3) is 3.59. The summed E-state index contributed by atoms with van der Waals surface area (Å²) < 4.78 is 17.3. The Balaban J connectivity index is 1.70. The van der Waals surface area contributed by atoms with Gasteiger partial charge in [-0.25, -0.2) is 4.39 Å². The molecule has 7 nitrogen and oxygen atoms in total. The van der Waals surface area contributed by atoms with E-state index in [4.69, 9.17) is 0 Å². The maximum atomic E-state index is 14.0. The smallest absolute Gasteiger partial charge is 0.170 e. The second-order valence-corrected chi connectivity index (χ2v) is 5.47. The Labute approximate surface area is 133 Å². The second kappa shape index (κ2) is 6.66. The van der Waals surface area contributed by atoms with Crippen LogP contribution >= 0.6 is 0 Å². The van der Waals surface area contributed by atoms with Crippen LogP contribution in [0.5, 0.6) is 0 Å². The summed E-state index contributed by atoms with van der Waals surface area (Å²) in [6.45, 7) is 5.11. The van der Waals surface area contributed by atoms with E-state index in [1.165, 1.54) is 10.7 Å². The van der Waals surface area contributed by atoms with Gasteiger partial charge in [-0.3, -0.25) is 4.68 Å². The number of hydrogen-bond acceptors (Lipinski definition) is 5. The maximum absolute atomic E-state index is 14.0. The fourth-order valence-corrected chi connectivity index (χ4v) is 2.31. The Morgan fingerprint density at radius 2 is 2.22 bits per heavy atom. The largest absolute Gasteiger partial charge is 0.305 e. The minimum Gasteiger partial charge on any atom is -0.305 e. The lowest BCUT2D eigenvalue weighted by Gasteiger charge is -2.14. The zero-order chi connectivity index (χ0) is 16.2. The zero-order valence-corrected chi connectivity index (χ0v) is 13.0. The summed E-state index contributed by atoms with van der Waals surface area (Å²) in [5, 5.41) is 19.0. The van der Waals surface area contributed by atoms with Crippen molar-refractivity contribution < 1.29 is 4.39 Å². The van der Waals surface area contributed by atoms with E-state index in [9.17, 15) is 4.39 Å². The predicted octanol–water partition coefficient (Wildman–Crippen LogP) is 1.48. The number of tetrazole rings is 1. The topological polar surface area (TPSA) is 73.5 Å². The number of rotatable bonds is 6. The Bertz CT molecular complexity index is 766. The van der Waals surface area contributed by atoms with Gasteiger partial charge in [0.15, 0.2) is 5.82 Å².